The van der Waals surface area contributed by atoms with Gasteiger partial charge in [-0.15, -0.1) is 0 Å². The van der Waals surface area contributed by atoms with Crippen molar-refractivity contribution >= 4 is 13.1 Å². The number of piperidine rings is 1. The van der Waals surface area contributed by atoms with Gasteiger partial charge in [0.1, 0.15) is 6.04 Å². The molecule has 0 saturated carbocycles. The van der Waals surface area contributed by atoms with E-state index < -0.39 is 7.14 Å². The molecule has 0 aromatic carbocycles. The molecule has 0 aromatic heterocycles. The van der Waals surface area contributed by atoms with Crippen LogP contribution in [0.4, 0.5) is 0 Å². The Morgan fingerprint density at radius 1 is 1.50 bits per heavy atom. The second-order valence-corrected chi connectivity index (χ2v) is 7.74. The van der Waals surface area contributed by atoms with Crippen LogP contribution in [0.15, 0.2) is 0 Å². The number of esters is 1. The Hall–Kier alpha value is -0.340. The number of carbonyl (C=O) groups is 1. The second kappa shape index (κ2) is 4.45. The van der Waals surface area contributed by atoms with Crippen molar-refractivity contribution in [1.82, 2.24) is 5.32 Å². The van der Waals surface area contributed by atoms with Gasteiger partial charge in [0, 0.05) is 5.66 Å². The first-order valence-corrected chi connectivity index (χ1v) is 7.48. The second-order valence-electron chi connectivity index (χ2n) is 4.14. The van der Waals surface area contributed by atoms with Gasteiger partial charge in [0.2, 0.25) is 0 Å². The molecule has 2 atom stereocenters. The number of methoxy groups -OCH3 is 1. The molecule has 1 heterocycles. The lowest BCUT2D eigenvalue weighted by Crippen LogP contribution is -2.45. The number of nitrogens with one attached hydrogen (secondary N) is 1. The van der Waals surface area contributed by atoms with Gasteiger partial charge in [-0.2, -0.15) is 0 Å². The molecule has 0 aliphatic carbocycles. The van der Waals surface area contributed by atoms with Crippen molar-refractivity contribution in [2.24, 2.45) is 0 Å². The Morgan fingerprint density at radius 3 is 2.64 bits per heavy atom. The van der Waals surface area contributed by atoms with E-state index in [1.165, 1.54) is 7.11 Å². The molecular weight excluding hydrogens is 201 g/mol. The lowest BCUT2D eigenvalue weighted by molar-refractivity contribution is -0.143. The number of carbonyl (C=O) groups excluding carboxylic acids is 1. The Bertz CT molecular complexity index is 261. The molecule has 4 nitrogen and oxygen atoms in total. The van der Waals surface area contributed by atoms with E-state index in [4.69, 9.17) is 0 Å². The summed E-state index contributed by atoms with van der Waals surface area (Å²) in [6, 6.07) is -0.271. The monoisotopic (exact) mass is 219 g/mol. The van der Waals surface area contributed by atoms with Crippen molar-refractivity contribution in [3.8, 4) is 0 Å². The van der Waals surface area contributed by atoms with E-state index in [9.17, 15) is 9.36 Å². The molecular formula is C9H18NO3P. The fourth-order valence-electron chi connectivity index (χ4n) is 1.78. The summed E-state index contributed by atoms with van der Waals surface area (Å²) in [5.74, 6) is -0.247. The van der Waals surface area contributed by atoms with Gasteiger partial charge in [0.25, 0.3) is 0 Å². The summed E-state index contributed by atoms with van der Waals surface area (Å²) < 4.78 is 16.5. The molecule has 0 bridgehead atoms. The molecule has 1 fully saturated rings. The summed E-state index contributed by atoms with van der Waals surface area (Å²) in [5.41, 5.74) is 0.160. The fourth-order valence-corrected chi connectivity index (χ4v) is 3.25. The number of hydrogen-bond acceptors (Lipinski definition) is 4. The predicted molar refractivity (Wildman–Crippen MR) is 56.3 cm³/mol. The van der Waals surface area contributed by atoms with Crippen LogP contribution in [-0.4, -0.2) is 44.7 Å². The molecule has 0 unspecified atom stereocenters. The summed E-state index contributed by atoms with van der Waals surface area (Å²) in [7, 11) is -0.696. The van der Waals surface area contributed by atoms with E-state index in [1.807, 2.05) is 0 Å². The van der Waals surface area contributed by atoms with E-state index in [1.54, 1.807) is 13.3 Å². The minimum atomic E-state index is -2.08. The Balaban J connectivity index is 2.61. The summed E-state index contributed by atoms with van der Waals surface area (Å²) in [6.07, 6.45) is 1.52. The third-order valence-electron chi connectivity index (χ3n) is 2.74. The van der Waals surface area contributed by atoms with Crippen molar-refractivity contribution in [3.05, 3.63) is 0 Å². The topological polar surface area (TPSA) is 55.4 Å². The largest absolute Gasteiger partial charge is 0.468 e. The van der Waals surface area contributed by atoms with E-state index in [-0.39, 0.29) is 17.7 Å². The van der Waals surface area contributed by atoms with Crippen LogP contribution < -0.4 is 5.32 Å². The lowest BCUT2D eigenvalue weighted by atomic mass is 10.0. The third-order valence-corrected chi connectivity index (χ3v) is 4.97. The molecule has 0 spiro atoms. The van der Waals surface area contributed by atoms with Crippen LogP contribution in [0.3, 0.4) is 0 Å². The Kier molecular flexibility index (Phi) is 3.73. The molecule has 0 amide bonds. The van der Waals surface area contributed by atoms with Crippen LogP contribution in [0.25, 0.3) is 0 Å². The van der Waals surface area contributed by atoms with Gasteiger partial charge >= 0.3 is 5.97 Å². The van der Waals surface area contributed by atoms with Gasteiger partial charge in [0.05, 0.1) is 14.3 Å². The summed E-state index contributed by atoms with van der Waals surface area (Å²) in [5, 5.41) is 3.08. The minimum Gasteiger partial charge on any atom is -0.468 e. The zero-order chi connectivity index (χ0) is 10.8. The predicted octanol–water partition coefficient (Wildman–Crippen LogP) is 0.903. The van der Waals surface area contributed by atoms with Crippen molar-refractivity contribution < 1.29 is 14.1 Å². The Labute approximate surface area is 84.8 Å². The van der Waals surface area contributed by atoms with E-state index in [0.29, 0.717) is 6.42 Å². The van der Waals surface area contributed by atoms with E-state index in [0.717, 1.165) is 13.0 Å². The highest BCUT2D eigenvalue weighted by molar-refractivity contribution is 7.63. The van der Waals surface area contributed by atoms with Gasteiger partial charge in [-0.05, 0) is 32.7 Å². The zero-order valence-electron chi connectivity index (χ0n) is 8.95. The molecule has 0 radical (unpaired) electrons. The van der Waals surface area contributed by atoms with Crippen LogP contribution in [-0.2, 0) is 14.1 Å². The van der Waals surface area contributed by atoms with Gasteiger partial charge in [0.15, 0.2) is 0 Å². The molecule has 1 aliphatic heterocycles. The normalized spacial score (nSPS) is 28.5. The van der Waals surface area contributed by atoms with Gasteiger partial charge in [-0.1, -0.05) is 0 Å². The number of ether oxygens (including phenoxy) is 1. The highest BCUT2D eigenvalue weighted by Crippen LogP contribution is 2.47. The molecule has 14 heavy (non-hydrogen) atoms. The fraction of sp³-hybridized carbons (Fsp3) is 0.889. The zero-order valence-corrected chi connectivity index (χ0v) is 9.84. The number of hydrogen-bond donors (Lipinski definition) is 1. The van der Waals surface area contributed by atoms with Crippen LogP contribution in [0, 0.1) is 0 Å². The maximum absolute atomic E-state index is 11.8. The molecule has 82 valence electrons. The molecule has 5 heteroatoms. The van der Waals surface area contributed by atoms with Crippen molar-refractivity contribution in [3.63, 3.8) is 0 Å². The maximum Gasteiger partial charge on any atom is 0.322 e. The summed E-state index contributed by atoms with van der Waals surface area (Å²) in [4.78, 5) is 11.3. The van der Waals surface area contributed by atoms with Crippen LogP contribution in [0.2, 0.25) is 0 Å². The molecule has 1 aliphatic rings. The van der Waals surface area contributed by atoms with E-state index >= 15 is 0 Å². The van der Waals surface area contributed by atoms with Gasteiger partial charge < -0.3 is 14.6 Å². The molecule has 1 saturated heterocycles. The first-order valence-electron chi connectivity index (χ1n) is 4.81. The lowest BCUT2D eigenvalue weighted by Gasteiger charge is -2.30. The third kappa shape index (κ3) is 2.82. The smallest absolute Gasteiger partial charge is 0.322 e. The van der Waals surface area contributed by atoms with Crippen molar-refractivity contribution in [2.75, 3.05) is 27.0 Å². The van der Waals surface area contributed by atoms with Crippen molar-refractivity contribution in [2.45, 2.75) is 24.5 Å². The minimum absolute atomic E-state index is 0.160. The first-order chi connectivity index (χ1) is 6.45. The van der Waals surface area contributed by atoms with Crippen LogP contribution in [0.1, 0.15) is 12.8 Å². The summed E-state index contributed by atoms with van der Waals surface area (Å²) >= 11 is 0. The first kappa shape index (κ1) is 11.7. The number of rotatable bonds is 2. The van der Waals surface area contributed by atoms with Crippen LogP contribution >= 0.6 is 7.14 Å². The highest BCUT2D eigenvalue weighted by atomic mass is 31.2. The maximum atomic E-state index is 11.8. The van der Waals surface area contributed by atoms with Gasteiger partial charge in [-0.25, -0.2) is 0 Å². The highest BCUT2D eigenvalue weighted by Gasteiger charge is 2.33. The molecule has 1 rings (SSSR count). The SMILES string of the molecule is COC(=O)[C@@H]1C[C@H](P(C)(C)=O)CCN1. The summed E-state index contributed by atoms with van der Waals surface area (Å²) in [6.45, 7) is 4.32. The average molecular weight is 219 g/mol. The van der Waals surface area contributed by atoms with Gasteiger partial charge in [-0.3, -0.25) is 4.79 Å². The quantitative estimate of drug-likeness (QED) is 0.554. The molecule has 0 aromatic rings. The van der Waals surface area contributed by atoms with E-state index in [2.05, 4.69) is 10.1 Å². The Morgan fingerprint density at radius 2 is 2.14 bits per heavy atom. The van der Waals surface area contributed by atoms with Crippen molar-refractivity contribution in [1.29, 1.82) is 0 Å². The standard InChI is InChI=1S/C9H18NO3P/c1-13-9(11)8-6-7(4-5-10-8)14(2,3)12/h7-8,10H,4-6H2,1-3H3/t7-,8+/m1/s1. The molecule has 1 N–H and O–H groups in total. The average Bonchev–Trinajstić information content (AvgIpc) is 2.15. The van der Waals surface area contributed by atoms with Crippen LogP contribution in [0.5, 0.6) is 0 Å².